The predicted molar refractivity (Wildman–Crippen MR) is 96.6 cm³/mol. The van der Waals surface area contributed by atoms with Gasteiger partial charge < -0.3 is 4.74 Å². The highest BCUT2D eigenvalue weighted by Gasteiger charge is 2.42. The summed E-state index contributed by atoms with van der Waals surface area (Å²) in [4.78, 5) is -0.109. The van der Waals surface area contributed by atoms with E-state index in [4.69, 9.17) is 4.74 Å². The smallest absolute Gasteiger partial charge is 0.224 e. The normalized spacial score (nSPS) is 22.0. The van der Waals surface area contributed by atoms with Gasteiger partial charge in [0.05, 0.1) is 26.9 Å². The molecule has 1 aliphatic heterocycles. The highest BCUT2D eigenvalue weighted by Crippen LogP contribution is 2.26. The van der Waals surface area contributed by atoms with Gasteiger partial charge in [0.2, 0.25) is 15.3 Å². The van der Waals surface area contributed by atoms with Crippen molar-refractivity contribution in [2.45, 2.75) is 60.9 Å². The number of ether oxygens (including phenoxy) is 1. The third kappa shape index (κ3) is 4.89. The zero-order valence-corrected chi connectivity index (χ0v) is 16.1. The van der Waals surface area contributed by atoms with Crippen LogP contribution >= 0.6 is 0 Å². The van der Waals surface area contributed by atoms with Crippen LogP contribution in [0.1, 0.15) is 33.6 Å². The number of hydrogen-bond donors (Lipinski definition) is 1. The highest BCUT2D eigenvalue weighted by atomic mass is 32.2. The number of sulfone groups is 1. The summed E-state index contributed by atoms with van der Waals surface area (Å²) in [5.41, 5.74) is -2.28. The second-order valence-corrected chi connectivity index (χ2v) is 10.9. The molecular weight excluding hydrogens is 365 g/mol. The van der Waals surface area contributed by atoms with Crippen molar-refractivity contribution in [3.05, 3.63) is 42.7 Å². The van der Waals surface area contributed by atoms with E-state index in [2.05, 4.69) is 4.72 Å². The number of benzene rings is 1. The molecule has 4 atom stereocenters. The molecule has 5 nitrogen and oxygen atoms in total. The lowest BCUT2D eigenvalue weighted by molar-refractivity contribution is 0.0764. The molecule has 1 heterocycles. The summed E-state index contributed by atoms with van der Waals surface area (Å²) >= 11 is 0. The lowest BCUT2D eigenvalue weighted by Gasteiger charge is -2.32. The van der Waals surface area contributed by atoms with Crippen molar-refractivity contribution in [2.75, 3.05) is 0 Å². The first-order valence-corrected chi connectivity index (χ1v) is 10.7. The summed E-state index contributed by atoms with van der Waals surface area (Å²) in [6, 6.07) is 6.19. The van der Waals surface area contributed by atoms with E-state index >= 15 is 4.39 Å². The second-order valence-electron chi connectivity index (χ2n) is 6.86. The van der Waals surface area contributed by atoms with Gasteiger partial charge in [0.25, 0.3) is 0 Å². The van der Waals surface area contributed by atoms with Crippen LogP contribution in [0.3, 0.4) is 0 Å². The molecule has 0 aromatic heterocycles. The summed E-state index contributed by atoms with van der Waals surface area (Å²) < 4.78 is 60.4. The average Bonchev–Trinajstić information content (AvgIpc) is 2.59. The Bertz CT molecular complexity index is 729. The maximum atomic E-state index is 15.2. The molecule has 1 N–H and O–H groups in total. The van der Waals surface area contributed by atoms with Gasteiger partial charge in [0.1, 0.15) is 12.1 Å². The van der Waals surface area contributed by atoms with Gasteiger partial charge in [-0.2, -0.15) is 0 Å². The Balaban J connectivity index is 2.33. The first kappa shape index (κ1) is 20.1. The zero-order valence-electron chi connectivity index (χ0n) is 14.5. The summed E-state index contributed by atoms with van der Waals surface area (Å²) in [5, 5.41) is 0. The Morgan fingerprint density at radius 3 is 2.44 bits per heavy atom. The minimum Gasteiger partial charge on any atom is -0.497 e. The van der Waals surface area contributed by atoms with E-state index < -0.39 is 43.2 Å². The highest BCUT2D eigenvalue weighted by molar-refractivity contribution is 7.92. The Hall–Kier alpha value is -1.25. The molecule has 0 aliphatic carbocycles. The van der Waals surface area contributed by atoms with Gasteiger partial charge in [0, 0.05) is 0 Å². The molecule has 2 rings (SSSR count). The Kier molecular flexibility index (Phi) is 6.40. The molecule has 0 radical (unpaired) electrons. The van der Waals surface area contributed by atoms with Gasteiger partial charge in [-0.05, 0) is 51.8 Å². The van der Waals surface area contributed by atoms with E-state index in [1.807, 2.05) is 0 Å². The molecular formula is C17H24FNO4S2. The van der Waals surface area contributed by atoms with E-state index in [1.54, 1.807) is 32.9 Å². The minimum absolute atomic E-state index is 0.109. The Labute approximate surface area is 151 Å². The fraction of sp³-hybridized carbons (Fsp3) is 0.529. The standard InChI is InChI=1S/C17H24FNO4S2/c1-17(2,3)24(20)19-15(14-11-7-8-12-23-14)16(18)25(21,22)13-9-5-4-6-10-13/h4-6,8-10,12,14-16,19H,7,11H2,1-3H3/t14-,15-,16-,24+/m0/s1. The van der Waals surface area contributed by atoms with Crippen molar-refractivity contribution < 1.29 is 21.8 Å². The fourth-order valence-electron chi connectivity index (χ4n) is 2.35. The molecule has 0 spiro atoms. The van der Waals surface area contributed by atoms with Crippen LogP contribution in [-0.4, -0.2) is 35.0 Å². The third-order valence-corrected chi connectivity index (χ3v) is 7.23. The number of alkyl halides is 1. The van der Waals surface area contributed by atoms with Crippen molar-refractivity contribution in [2.24, 2.45) is 0 Å². The quantitative estimate of drug-likeness (QED) is 0.812. The number of allylic oxidation sites excluding steroid dienone is 1. The molecule has 8 heteroatoms. The molecule has 0 amide bonds. The maximum Gasteiger partial charge on any atom is 0.224 e. The maximum absolute atomic E-state index is 15.2. The average molecular weight is 390 g/mol. The van der Waals surface area contributed by atoms with E-state index in [-0.39, 0.29) is 4.90 Å². The molecule has 1 aliphatic rings. The molecule has 1 aromatic rings. The van der Waals surface area contributed by atoms with Crippen molar-refractivity contribution in [1.29, 1.82) is 0 Å². The Morgan fingerprint density at radius 2 is 1.92 bits per heavy atom. The van der Waals surface area contributed by atoms with Gasteiger partial charge in [-0.15, -0.1) is 0 Å². The molecule has 140 valence electrons. The lowest BCUT2D eigenvalue weighted by Crippen LogP contribution is -2.53. The van der Waals surface area contributed by atoms with Gasteiger partial charge in [0.15, 0.2) is 0 Å². The summed E-state index contributed by atoms with van der Waals surface area (Å²) in [5.74, 6) is 0. The van der Waals surface area contributed by atoms with Gasteiger partial charge in [-0.25, -0.2) is 21.7 Å². The first-order chi connectivity index (χ1) is 11.6. The van der Waals surface area contributed by atoms with Crippen LogP contribution < -0.4 is 4.72 Å². The topological polar surface area (TPSA) is 72.5 Å². The van der Waals surface area contributed by atoms with Crippen LogP contribution in [0.2, 0.25) is 0 Å². The summed E-state index contributed by atoms with van der Waals surface area (Å²) in [6.07, 6.45) is 3.59. The molecule has 0 bridgehead atoms. The zero-order chi connectivity index (χ0) is 18.7. The second kappa shape index (κ2) is 7.97. The molecule has 0 unspecified atom stereocenters. The van der Waals surface area contributed by atoms with E-state index in [9.17, 15) is 12.6 Å². The number of rotatable bonds is 6. The van der Waals surface area contributed by atoms with E-state index in [0.29, 0.717) is 12.8 Å². The molecule has 25 heavy (non-hydrogen) atoms. The van der Waals surface area contributed by atoms with Gasteiger partial charge in [-0.3, -0.25) is 0 Å². The number of hydrogen-bond acceptors (Lipinski definition) is 4. The predicted octanol–water partition coefficient (Wildman–Crippen LogP) is 2.87. The van der Waals surface area contributed by atoms with Crippen LogP contribution in [-0.2, 0) is 25.6 Å². The minimum atomic E-state index is -4.25. The van der Waals surface area contributed by atoms with Crippen LogP contribution in [0.25, 0.3) is 0 Å². The summed E-state index contributed by atoms with van der Waals surface area (Å²) in [7, 11) is -5.89. The van der Waals surface area contributed by atoms with Crippen LogP contribution in [0.5, 0.6) is 0 Å². The lowest BCUT2D eigenvalue weighted by atomic mass is 10.1. The monoisotopic (exact) mass is 389 g/mol. The largest absolute Gasteiger partial charge is 0.497 e. The third-order valence-electron chi connectivity index (χ3n) is 3.82. The summed E-state index contributed by atoms with van der Waals surface area (Å²) in [6.45, 7) is 5.19. The number of nitrogens with one attached hydrogen (secondary N) is 1. The van der Waals surface area contributed by atoms with Crippen molar-refractivity contribution in [3.8, 4) is 0 Å². The van der Waals surface area contributed by atoms with E-state index in [0.717, 1.165) is 0 Å². The van der Waals surface area contributed by atoms with Crippen LogP contribution in [0.4, 0.5) is 4.39 Å². The Morgan fingerprint density at radius 1 is 1.28 bits per heavy atom. The van der Waals surface area contributed by atoms with Crippen molar-refractivity contribution in [3.63, 3.8) is 0 Å². The first-order valence-electron chi connectivity index (χ1n) is 8.05. The SMILES string of the molecule is CC(C)(C)[S@@](=O)N[C@@H]([C@@H]1CCC=CO1)[C@@H](F)S(=O)(=O)c1ccccc1. The van der Waals surface area contributed by atoms with Gasteiger partial charge >= 0.3 is 0 Å². The van der Waals surface area contributed by atoms with Crippen molar-refractivity contribution >= 4 is 20.8 Å². The van der Waals surface area contributed by atoms with Crippen LogP contribution in [0.15, 0.2) is 47.6 Å². The molecule has 1 aromatic carbocycles. The number of halogens is 1. The fourth-order valence-corrected chi connectivity index (χ4v) is 4.73. The molecule has 0 saturated heterocycles. The molecule has 0 saturated carbocycles. The van der Waals surface area contributed by atoms with Crippen molar-refractivity contribution in [1.82, 2.24) is 4.72 Å². The van der Waals surface area contributed by atoms with Gasteiger partial charge in [-0.1, -0.05) is 18.2 Å². The van der Waals surface area contributed by atoms with E-state index in [1.165, 1.54) is 30.5 Å². The molecule has 0 fully saturated rings. The van der Waals surface area contributed by atoms with Crippen LogP contribution in [0, 0.1) is 0 Å².